The molecule has 5 heteroatoms. The number of amides is 1. The third-order valence-electron chi connectivity index (χ3n) is 3.64. The van der Waals surface area contributed by atoms with Crippen molar-refractivity contribution < 1.29 is 14.3 Å². The summed E-state index contributed by atoms with van der Waals surface area (Å²) >= 11 is 5.93. The topological polar surface area (TPSA) is 46.6 Å². The minimum Gasteiger partial charge on any atom is -0.466 e. The number of benzene rings is 1. The van der Waals surface area contributed by atoms with Crippen molar-refractivity contribution in [3.05, 3.63) is 34.9 Å². The van der Waals surface area contributed by atoms with Crippen molar-refractivity contribution in [1.29, 1.82) is 0 Å². The van der Waals surface area contributed by atoms with Crippen molar-refractivity contribution >= 4 is 23.5 Å². The highest BCUT2D eigenvalue weighted by atomic mass is 35.5. The average Bonchev–Trinajstić information content (AvgIpc) is 2.47. The summed E-state index contributed by atoms with van der Waals surface area (Å²) in [7, 11) is 0. The maximum atomic E-state index is 12.3. The molecule has 1 aliphatic rings. The van der Waals surface area contributed by atoms with Gasteiger partial charge < -0.3 is 9.64 Å². The van der Waals surface area contributed by atoms with Gasteiger partial charge in [0.05, 0.1) is 18.9 Å². The minimum absolute atomic E-state index is 0.0336. The maximum Gasteiger partial charge on any atom is 0.310 e. The van der Waals surface area contributed by atoms with Crippen LogP contribution in [0.15, 0.2) is 24.3 Å². The molecule has 0 saturated carbocycles. The number of hydrogen-bond acceptors (Lipinski definition) is 3. The molecule has 1 aliphatic heterocycles. The summed E-state index contributed by atoms with van der Waals surface area (Å²) in [6.45, 7) is 3.34. The van der Waals surface area contributed by atoms with Crippen molar-refractivity contribution in [2.24, 2.45) is 5.92 Å². The lowest BCUT2D eigenvalue weighted by Gasteiger charge is -2.31. The van der Waals surface area contributed by atoms with Crippen LogP contribution < -0.4 is 0 Å². The van der Waals surface area contributed by atoms with E-state index >= 15 is 0 Å². The Kier molecular flexibility index (Phi) is 5.62. The lowest BCUT2D eigenvalue weighted by molar-refractivity contribution is -0.151. The van der Waals surface area contributed by atoms with E-state index in [0.717, 1.165) is 18.4 Å². The predicted octanol–water partition coefficient (Wildman–Crippen LogP) is 2.68. The quantitative estimate of drug-likeness (QED) is 0.803. The zero-order valence-electron chi connectivity index (χ0n) is 12.2. The zero-order chi connectivity index (χ0) is 15.2. The molecule has 1 saturated heterocycles. The first-order valence-electron chi connectivity index (χ1n) is 7.29. The van der Waals surface area contributed by atoms with Gasteiger partial charge in [-0.05, 0) is 37.5 Å². The molecule has 1 fully saturated rings. The van der Waals surface area contributed by atoms with Crippen molar-refractivity contribution in [1.82, 2.24) is 4.90 Å². The van der Waals surface area contributed by atoms with Crippen LogP contribution in [0, 0.1) is 5.92 Å². The molecule has 1 amide bonds. The lowest BCUT2D eigenvalue weighted by atomic mass is 9.97. The van der Waals surface area contributed by atoms with Gasteiger partial charge in [-0.3, -0.25) is 9.59 Å². The van der Waals surface area contributed by atoms with E-state index in [1.165, 1.54) is 0 Å². The van der Waals surface area contributed by atoms with E-state index < -0.39 is 0 Å². The van der Waals surface area contributed by atoms with E-state index in [1.54, 1.807) is 24.0 Å². The van der Waals surface area contributed by atoms with Crippen LogP contribution in [-0.2, 0) is 20.7 Å². The number of piperidine rings is 1. The Morgan fingerprint density at radius 1 is 1.43 bits per heavy atom. The van der Waals surface area contributed by atoms with Crippen molar-refractivity contribution in [2.45, 2.75) is 26.2 Å². The summed E-state index contributed by atoms with van der Waals surface area (Å²) in [4.78, 5) is 25.9. The number of halogens is 1. The Morgan fingerprint density at radius 3 is 2.95 bits per heavy atom. The summed E-state index contributed by atoms with van der Waals surface area (Å²) in [5, 5.41) is 0.628. The second-order valence-electron chi connectivity index (χ2n) is 5.24. The van der Waals surface area contributed by atoms with E-state index in [-0.39, 0.29) is 17.8 Å². The number of nitrogens with zero attached hydrogens (tertiary/aromatic N) is 1. The Labute approximate surface area is 130 Å². The molecule has 0 aliphatic carbocycles. The van der Waals surface area contributed by atoms with Crippen molar-refractivity contribution in [2.75, 3.05) is 19.7 Å². The maximum absolute atomic E-state index is 12.3. The van der Waals surface area contributed by atoms with Crippen LogP contribution in [0.1, 0.15) is 25.3 Å². The van der Waals surface area contributed by atoms with Crippen LogP contribution in [0.3, 0.4) is 0 Å². The Morgan fingerprint density at radius 2 is 2.24 bits per heavy atom. The first kappa shape index (κ1) is 15.8. The molecule has 21 heavy (non-hydrogen) atoms. The number of carbonyl (C=O) groups excluding carboxylic acids is 2. The van der Waals surface area contributed by atoms with Crippen LogP contribution in [0.5, 0.6) is 0 Å². The van der Waals surface area contributed by atoms with Gasteiger partial charge in [0.1, 0.15) is 0 Å². The normalized spacial score (nSPS) is 18.4. The summed E-state index contributed by atoms with van der Waals surface area (Å²) < 4.78 is 5.05. The Hall–Kier alpha value is -1.55. The molecular weight excluding hydrogens is 290 g/mol. The van der Waals surface area contributed by atoms with Gasteiger partial charge in [-0.1, -0.05) is 23.7 Å². The third kappa shape index (κ3) is 4.46. The van der Waals surface area contributed by atoms with Gasteiger partial charge in [0.25, 0.3) is 0 Å². The summed E-state index contributed by atoms with van der Waals surface area (Å²) in [5.74, 6) is -0.356. The standard InChI is InChI=1S/C16H20ClNO3/c1-2-21-16(20)13-6-4-8-18(11-13)15(19)10-12-5-3-7-14(17)9-12/h3,5,7,9,13H,2,4,6,8,10-11H2,1H3/t13-/m1/s1. The van der Waals surface area contributed by atoms with Gasteiger partial charge >= 0.3 is 5.97 Å². The van der Waals surface area contributed by atoms with E-state index in [2.05, 4.69) is 0 Å². The third-order valence-corrected chi connectivity index (χ3v) is 3.87. The van der Waals surface area contributed by atoms with E-state index in [1.807, 2.05) is 12.1 Å². The van der Waals surface area contributed by atoms with E-state index in [0.29, 0.717) is 31.1 Å². The van der Waals surface area contributed by atoms with Gasteiger partial charge in [-0.15, -0.1) is 0 Å². The zero-order valence-corrected chi connectivity index (χ0v) is 12.9. The van der Waals surface area contributed by atoms with E-state index in [9.17, 15) is 9.59 Å². The molecular formula is C16H20ClNO3. The SMILES string of the molecule is CCOC(=O)[C@@H]1CCCN(C(=O)Cc2cccc(Cl)c2)C1. The molecule has 1 aromatic carbocycles. The first-order valence-corrected chi connectivity index (χ1v) is 7.66. The number of ether oxygens (including phenoxy) is 1. The van der Waals surface area contributed by atoms with Crippen LogP contribution in [-0.4, -0.2) is 36.5 Å². The van der Waals surface area contributed by atoms with Gasteiger partial charge in [0.15, 0.2) is 0 Å². The van der Waals surface area contributed by atoms with Gasteiger partial charge in [-0.25, -0.2) is 0 Å². The molecule has 0 spiro atoms. The summed E-state index contributed by atoms with van der Waals surface area (Å²) in [5.41, 5.74) is 0.894. The lowest BCUT2D eigenvalue weighted by Crippen LogP contribution is -2.43. The largest absolute Gasteiger partial charge is 0.466 e. The molecule has 1 atom stereocenters. The molecule has 2 rings (SSSR count). The van der Waals surface area contributed by atoms with Crippen LogP contribution in [0.25, 0.3) is 0 Å². The summed E-state index contributed by atoms with van der Waals surface area (Å²) in [6, 6.07) is 7.30. The molecule has 0 aromatic heterocycles. The fourth-order valence-corrected chi connectivity index (χ4v) is 2.80. The monoisotopic (exact) mass is 309 g/mol. The molecule has 0 radical (unpaired) electrons. The number of esters is 1. The second kappa shape index (κ2) is 7.46. The number of rotatable bonds is 4. The predicted molar refractivity (Wildman–Crippen MR) is 81.1 cm³/mol. The fourth-order valence-electron chi connectivity index (χ4n) is 2.59. The van der Waals surface area contributed by atoms with E-state index in [4.69, 9.17) is 16.3 Å². The highest BCUT2D eigenvalue weighted by molar-refractivity contribution is 6.30. The molecule has 0 N–H and O–H groups in total. The minimum atomic E-state index is -0.197. The Bertz CT molecular complexity index is 518. The molecule has 0 unspecified atom stereocenters. The first-order chi connectivity index (χ1) is 10.1. The summed E-state index contributed by atoms with van der Waals surface area (Å²) in [6.07, 6.45) is 1.95. The smallest absolute Gasteiger partial charge is 0.310 e. The number of carbonyl (C=O) groups is 2. The van der Waals surface area contributed by atoms with Crippen LogP contribution in [0.4, 0.5) is 0 Å². The van der Waals surface area contributed by atoms with Gasteiger partial charge in [-0.2, -0.15) is 0 Å². The molecule has 1 aromatic rings. The fraction of sp³-hybridized carbons (Fsp3) is 0.500. The van der Waals surface area contributed by atoms with Crippen molar-refractivity contribution in [3.63, 3.8) is 0 Å². The highest BCUT2D eigenvalue weighted by Gasteiger charge is 2.29. The molecule has 1 heterocycles. The van der Waals surface area contributed by atoms with Crippen LogP contribution in [0.2, 0.25) is 5.02 Å². The van der Waals surface area contributed by atoms with Gasteiger partial charge in [0, 0.05) is 18.1 Å². The van der Waals surface area contributed by atoms with Gasteiger partial charge in [0.2, 0.25) is 5.91 Å². The Balaban J connectivity index is 1.94. The number of hydrogen-bond donors (Lipinski definition) is 0. The molecule has 0 bridgehead atoms. The van der Waals surface area contributed by atoms with Crippen molar-refractivity contribution in [3.8, 4) is 0 Å². The highest BCUT2D eigenvalue weighted by Crippen LogP contribution is 2.19. The van der Waals surface area contributed by atoms with Crippen LogP contribution >= 0.6 is 11.6 Å². The number of likely N-dealkylation sites (tertiary alicyclic amines) is 1. The average molecular weight is 310 g/mol. The molecule has 114 valence electrons. The second-order valence-corrected chi connectivity index (χ2v) is 5.67. The molecule has 4 nitrogen and oxygen atoms in total.